The van der Waals surface area contributed by atoms with Crippen LogP contribution >= 0.6 is 0 Å². The van der Waals surface area contributed by atoms with Crippen molar-refractivity contribution < 1.29 is 4.43 Å². The molecule has 0 amide bonds. The summed E-state index contributed by atoms with van der Waals surface area (Å²) in [6.45, 7) is 9.42. The molecule has 16 heavy (non-hydrogen) atoms. The maximum Gasteiger partial charge on any atom is 0.184 e. The average Bonchev–Trinajstić information content (AvgIpc) is 2.16. The first-order chi connectivity index (χ1) is 7.47. The third-order valence-electron chi connectivity index (χ3n) is 1.96. The fourth-order valence-corrected chi connectivity index (χ4v) is 2.77. The first-order valence-corrected chi connectivity index (χ1v) is 9.11. The van der Waals surface area contributed by atoms with Crippen LogP contribution in [-0.2, 0) is 4.43 Å². The van der Waals surface area contributed by atoms with Gasteiger partial charge in [0.1, 0.15) is 0 Å². The fraction of sp³-hybridized carbons (Fsp3) is 0.462. The number of nitrogens with zero attached hydrogens (tertiary/aromatic N) is 1. The lowest BCUT2D eigenvalue weighted by atomic mass is 10.2. The van der Waals surface area contributed by atoms with E-state index in [2.05, 4.69) is 31.6 Å². The highest BCUT2D eigenvalue weighted by Crippen LogP contribution is 2.07. The van der Waals surface area contributed by atoms with Crippen LogP contribution < -0.4 is 0 Å². The van der Waals surface area contributed by atoms with Gasteiger partial charge < -0.3 is 4.43 Å². The van der Waals surface area contributed by atoms with Gasteiger partial charge >= 0.3 is 0 Å². The minimum atomic E-state index is -1.42. The largest absolute Gasteiger partial charge is 0.413 e. The van der Waals surface area contributed by atoms with Gasteiger partial charge in [-0.3, -0.25) is 4.99 Å². The molecule has 88 valence electrons. The van der Waals surface area contributed by atoms with Crippen LogP contribution in [0.2, 0.25) is 19.6 Å². The molecule has 0 saturated carbocycles. The molecule has 0 aromatic heterocycles. The molecular weight excluding hydrogens is 214 g/mol. The Balaban J connectivity index is 2.37. The molecule has 0 saturated heterocycles. The van der Waals surface area contributed by atoms with E-state index in [1.807, 2.05) is 36.5 Å². The highest BCUT2D eigenvalue weighted by molar-refractivity contribution is 6.69. The van der Waals surface area contributed by atoms with E-state index >= 15 is 0 Å². The van der Waals surface area contributed by atoms with Crippen LogP contribution in [0.5, 0.6) is 0 Å². The van der Waals surface area contributed by atoms with Crippen molar-refractivity contribution in [2.75, 3.05) is 6.54 Å². The smallest absolute Gasteiger partial charge is 0.184 e. The molecule has 1 aromatic carbocycles. The average molecular weight is 235 g/mol. The van der Waals surface area contributed by atoms with Gasteiger partial charge in [-0.25, -0.2) is 0 Å². The van der Waals surface area contributed by atoms with E-state index in [0.717, 1.165) is 12.1 Å². The Hall–Kier alpha value is -0.933. The van der Waals surface area contributed by atoms with Crippen LogP contribution in [0.15, 0.2) is 35.3 Å². The van der Waals surface area contributed by atoms with Crippen molar-refractivity contribution in [3.8, 4) is 0 Å². The Morgan fingerprint density at radius 1 is 1.25 bits per heavy atom. The van der Waals surface area contributed by atoms with E-state index in [-0.39, 0.29) is 6.10 Å². The van der Waals surface area contributed by atoms with Crippen LogP contribution in [0.25, 0.3) is 0 Å². The van der Waals surface area contributed by atoms with E-state index in [0.29, 0.717) is 0 Å². The number of aliphatic imine (C=N–C) groups is 1. The zero-order valence-electron chi connectivity index (χ0n) is 10.6. The summed E-state index contributed by atoms with van der Waals surface area (Å²) < 4.78 is 5.90. The Morgan fingerprint density at radius 2 is 1.88 bits per heavy atom. The summed E-state index contributed by atoms with van der Waals surface area (Å²) in [7, 11) is -1.42. The molecule has 1 unspecified atom stereocenters. The summed E-state index contributed by atoms with van der Waals surface area (Å²) >= 11 is 0. The minimum Gasteiger partial charge on any atom is -0.413 e. The van der Waals surface area contributed by atoms with Gasteiger partial charge in [-0.15, -0.1) is 0 Å². The van der Waals surface area contributed by atoms with Crippen LogP contribution in [0.4, 0.5) is 0 Å². The molecule has 0 spiro atoms. The highest BCUT2D eigenvalue weighted by Gasteiger charge is 2.17. The van der Waals surface area contributed by atoms with Crippen molar-refractivity contribution in [2.45, 2.75) is 32.7 Å². The van der Waals surface area contributed by atoms with Gasteiger partial charge in [0.05, 0.1) is 12.6 Å². The molecule has 1 atom stereocenters. The number of hydrogen-bond donors (Lipinski definition) is 0. The molecule has 1 rings (SSSR count). The first kappa shape index (κ1) is 13.1. The Labute approximate surface area is 99.5 Å². The Bertz CT molecular complexity index is 330. The Morgan fingerprint density at radius 3 is 2.44 bits per heavy atom. The number of rotatable bonds is 5. The van der Waals surface area contributed by atoms with Crippen LogP contribution in [0, 0.1) is 0 Å². The van der Waals surface area contributed by atoms with Crippen LogP contribution in [-0.4, -0.2) is 27.2 Å². The highest BCUT2D eigenvalue weighted by atomic mass is 28.4. The topological polar surface area (TPSA) is 21.6 Å². The summed E-state index contributed by atoms with van der Waals surface area (Å²) in [6, 6.07) is 10.1. The molecule has 0 N–H and O–H groups in total. The number of hydrogen-bond acceptors (Lipinski definition) is 2. The molecule has 0 radical (unpaired) electrons. The van der Waals surface area contributed by atoms with Gasteiger partial charge in [0.2, 0.25) is 0 Å². The molecule has 0 aliphatic carbocycles. The van der Waals surface area contributed by atoms with Gasteiger partial charge in [-0.2, -0.15) is 0 Å². The molecular formula is C13H21NOSi. The van der Waals surface area contributed by atoms with Crippen LogP contribution in [0.3, 0.4) is 0 Å². The van der Waals surface area contributed by atoms with E-state index in [9.17, 15) is 0 Å². The lowest BCUT2D eigenvalue weighted by molar-refractivity contribution is 0.223. The molecule has 1 aromatic rings. The second kappa shape index (κ2) is 5.96. The second-order valence-electron chi connectivity index (χ2n) is 4.95. The summed E-state index contributed by atoms with van der Waals surface area (Å²) in [5, 5.41) is 0. The van der Waals surface area contributed by atoms with Crippen molar-refractivity contribution in [1.29, 1.82) is 0 Å². The van der Waals surface area contributed by atoms with E-state index < -0.39 is 8.32 Å². The van der Waals surface area contributed by atoms with E-state index in [1.54, 1.807) is 0 Å². The molecule has 0 bridgehead atoms. The lowest BCUT2D eigenvalue weighted by Gasteiger charge is -2.22. The maximum absolute atomic E-state index is 5.90. The minimum absolute atomic E-state index is 0.214. The fourth-order valence-electron chi connectivity index (χ4n) is 1.49. The molecule has 0 fully saturated rings. The second-order valence-corrected chi connectivity index (χ2v) is 9.41. The van der Waals surface area contributed by atoms with Gasteiger partial charge in [-0.1, -0.05) is 30.3 Å². The predicted molar refractivity (Wildman–Crippen MR) is 72.8 cm³/mol. The summed E-state index contributed by atoms with van der Waals surface area (Å²) in [6.07, 6.45) is 2.12. The third kappa shape index (κ3) is 5.83. The SMILES string of the molecule is CC(CN=Cc1ccccc1)O[Si](C)(C)C. The van der Waals surface area contributed by atoms with Crippen molar-refractivity contribution in [1.82, 2.24) is 0 Å². The molecule has 0 heterocycles. The van der Waals surface area contributed by atoms with E-state index in [1.165, 1.54) is 0 Å². The normalized spacial score (nSPS) is 14.2. The monoisotopic (exact) mass is 235 g/mol. The first-order valence-electron chi connectivity index (χ1n) is 5.70. The Kier molecular flexibility index (Phi) is 4.90. The standard InChI is InChI=1S/C13H21NOSi/c1-12(15-16(2,3)4)10-14-11-13-8-6-5-7-9-13/h5-9,11-12H,10H2,1-4H3. The van der Waals surface area contributed by atoms with Crippen molar-refractivity contribution in [3.05, 3.63) is 35.9 Å². The number of benzene rings is 1. The molecule has 0 aliphatic rings. The molecule has 3 heteroatoms. The maximum atomic E-state index is 5.90. The predicted octanol–water partition coefficient (Wildman–Crippen LogP) is 3.35. The molecule has 2 nitrogen and oxygen atoms in total. The van der Waals surface area contributed by atoms with Crippen molar-refractivity contribution >= 4 is 14.5 Å². The third-order valence-corrected chi connectivity index (χ3v) is 3.07. The van der Waals surface area contributed by atoms with Gasteiger partial charge in [0, 0.05) is 6.21 Å². The summed E-state index contributed by atoms with van der Waals surface area (Å²) in [5.74, 6) is 0. The van der Waals surface area contributed by atoms with Crippen LogP contribution in [0.1, 0.15) is 12.5 Å². The summed E-state index contributed by atoms with van der Waals surface area (Å²) in [5.41, 5.74) is 1.14. The zero-order valence-corrected chi connectivity index (χ0v) is 11.6. The lowest BCUT2D eigenvalue weighted by Crippen LogP contribution is -2.31. The quantitative estimate of drug-likeness (QED) is 0.566. The van der Waals surface area contributed by atoms with Crippen molar-refractivity contribution in [2.24, 2.45) is 4.99 Å². The summed E-state index contributed by atoms with van der Waals surface area (Å²) in [4.78, 5) is 4.40. The van der Waals surface area contributed by atoms with Gasteiger partial charge in [0.15, 0.2) is 8.32 Å². The van der Waals surface area contributed by atoms with Gasteiger partial charge in [-0.05, 0) is 32.1 Å². The molecule has 0 aliphatic heterocycles. The van der Waals surface area contributed by atoms with Crippen molar-refractivity contribution in [3.63, 3.8) is 0 Å². The zero-order chi connectivity index (χ0) is 12.0. The van der Waals surface area contributed by atoms with E-state index in [4.69, 9.17) is 4.43 Å². The van der Waals surface area contributed by atoms with Gasteiger partial charge in [0.25, 0.3) is 0 Å².